The van der Waals surface area contributed by atoms with Gasteiger partial charge in [0.25, 0.3) is 0 Å². The average molecular weight is 321 g/mol. The quantitative estimate of drug-likeness (QED) is 0.934. The number of likely N-dealkylation sites (N-methyl/N-ethyl adjacent to an activating group) is 2. The first-order chi connectivity index (χ1) is 11.8. The Morgan fingerprint density at radius 3 is 1.71 bits per heavy atom. The Labute approximate surface area is 145 Å². The third kappa shape index (κ3) is 2.67. The van der Waals surface area contributed by atoms with Crippen LogP contribution in [0.1, 0.15) is 36.1 Å². The number of hydrogen-bond donors (Lipinski definition) is 1. The number of nitrogens with one attached hydrogen (secondary N) is 1. The van der Waals surface area contributed by atoms with Crippen LogP contribution in [0.3, 0.4) is 0 Å². The first-order valence-corrected chi connectivity index (χ1v) is 9.04. The SMILES string of the molecule is CN1C([C@@H]2CCCN2)N(C)[C@@H](c2ccccc2)[C@H]1c1ccccc1. The van der Waals surface area contributed by atoms with Crippen molar-refractivity contribution in [1.29, 1.82) is 0 Å². The van der Waals surface area contributed by atoms with E-state index in [1.807, 2.05) is 0 Å². The van der Waals surface area contributed by atoms with Crippen LogP contribution in [0.15, 0.2) is 60.7 Å². The van der Waals surface area contributed by atoms with Gasteiger partial charge in [0.15, 0.2) is 0 Å². The number of rotatable bonds is 3. The Kier molecular flexibility index (Phi) is 4.40. The molecule has 2 heterocycles. The Morgan fingerprint density at radius 1 is 0.792 bits per heavy atom. The summed E-state index contributed by atoms with van der Waals surface area (Å²) in [6, 6.07) is 23.3. The highest BCUT2D eigenvalue weighted by molar-refractivity contribution is 5.30. The fraction of sp³-hybridized carbons (Fsp3) is 0.429. The van der Waals surface area contributed by atoms with Gasteiger partial charge in [-0.1, -0.05) is 60.7 Å². The molecule has 2 aliphatic rings. The van der Waals surface area contributed by atoms with Crippen molar-refractivity contribution in [2.24, 2.45) is 0 Å². The molecule has 0 bridgehead atoms. The third-order valence-electron chi connectivity index (χ3n) is 5.75. The number of nitrogens with zero attached hydrogens (tertiary/aromatic N) is 2. The maximum absolute atomic E-state index is 3.72. The van der Waals surface area contributed by atoms with Crippen molar-refractivity contribution in [1.82, 2.24) is 15.1 Å². The number of hydrogen-bond acceptors (Lipinski definition) is 3. The summed E-state index contributed by atoms with van der Waals surface area (Å²) in [5.41, 5.74) is 2.81. The van der Waals surface area contributed by atoms with E-state index < -0.39 is 0 Å². The van der Waals surface area contributed by atoms with E-state index in [1.165, 1.54) is 24.0 Å². The minimum atomic E-state index is 0.381. The first-order valence-electron chi connectivity index (χ1n) is 9.04. The van der Waals surface area contributed by atoms with Crippen LogP contribution in [0, 0.1) is 0 Å². The summed E-state index contributed by atoms with van der Waals surface area (Å²) >= 11 is 0. The molecule has 2 saturated heterocycles. The topological polar surface area (TPSA) is 18.5 Å². The maximum Gasteiger partial charge on any atom is 0.0787 e. The van der Waals surface area contributed by atoms with E-state index in [4.69, 9.17) is 0 Å². The molecule has 2 aliphatic heterocycles. The Balaban J connectivity index is 1.75. The van der Waals surface area contributed by atoms with E-state index in [0.29, 0.717) is 24.3 Å². The van der Waals surface area contributed by atoms with Gasteiger partial charge in [-0.25, -0.2) is 0 Å². The summed E-state index contributed by atoms with van der Waals surface area (Å²) in [4.78, 5) is 5.16. The van der Waals surface area contributed by atoms with Gasteiger partial charge in [-0.05, 0) is 44.6 Å². The van der Waals surface area contributed by atoms with Gasteiger partial charge >= 0.3 is 0 Å². The standard InChI is InChI=1S/C21H27N3/c1-23-19(16-10-5-3-6-11-16)20(17-12-7-4-8-13-17)24(2)21(23)18-14-9-15-22-18/h3-8,10-13,18-22H,9,14-15H2,1-2H3/t18-,19-,20+,21?/m0/s1. The molecule has 0 radical (unpaired) electrons. The van der Waals surface area contributed by atoms with E-state index in [2.05, 4.69) is 89.9 Å². The van der Waals surface area contributed by atoms with Crippen LogP contribution >= 0.6 is 0 Å². The molecule has 2 fully saturated rings. The molecule has 24 heavy (non-hydrogen) atoms. The summed E-state index contributed by atoms with van der Waals surface area (Å²) in [5, 5.41) is 3.72. The molecule has 1 N–H and O–H groups in total. The van der Waals surface area contributed by atoms with Crippen molar-refractivity contribution >= 4 is 0 Å². The molecule has 2 aromatic rings. The van der Waals surface area contributed by atoms with Crippen molar-refractivity contribution in [2.75, 3.05) is 20.6 Å². The lowest BCUT2D eigenvalue weighted by Gasteiger charge is -2.32. The van der Waals surface area contributed by atoms with Gasteiger partial charge in [-0.3, -0.25) is 9.80 Å². The molecule has 4 atom stereocenters. The van der Waals surface area contributed by atoms with Gasteiger partial charge in [0.1, 0.15) is 0 Å². The molecule has 0 aliphatic carbocycles. The average Bonchev–Trinajstić information content (AvgIpc) is 3.22. The van der Waals surface area contributed by atoms with Gasteiger partial charge in [-0.15, -0.1) is 0 Å². The lowest BCUT2D eigenvalue weighted by atomic mass is 9.93. The number of benzene rings is 2. The summed E-state index contributed by atoms with van der Waals surface area (Å²) in [7, 11) is 4.59. The van der Waals surface area contributed by atoms with E-state index in [1.54, 1.807) is 0 Å². The second-order valence-electron chi connectivity index (χ2n) is 7.16. The molecule has 2 aromatic carbocycles. The van der Waals surface area contributed by atoms with Crippen LogP contribution in [0.4, 0.5) is 0 Å². The first kappa shape index (κ1) is 15.8. The minimum absolute atomic E-state index is 0.381. The van der Waals surface area contributed by atoms with E-state index in [-0.39, 0.29) is 0 Å². The molecule has 1 unspecified atom stereocenters. The van der Waals surface area contributed by atoms with Crippen molar-refractivity contribution in [2.45, 2.75) is 37.1 Å². The van der Waals surface area contributed by atoms with Gasteiger partial charge < -0.3 is 5.32 Å². The Hall–Kier alpha value is -1.68. The summed E-state index contributed by atoms with van der Waals surface area (Å²) in [6.07, 6.45) is 2.99. The van der Waals surface area contributed by atoms with Crippen molar-refractivity contribution in [3.8, 4) is 0 Å². The Morgan fingerprint density at radius 2 is 1.29 bits per heavy atom. The highest BCUT2D eigenvalue weighted by atomic mass is 15.5. The van der Waals surface area contributed by atoms with Gasteiger partial charge in [0.05, 0.1) is 18.2 Å². The molecule has 0 aromatic heterocycles. The van der Waals surface area contributed by atoms with Crippen molar-refractivity contribution in [3.05, 3.63) is 71.8 Å². The predicted molar refractivity (Wildman–Crippen MR) is 98.7 cm³/mol. The Bertz CT molecular complexity index is 600. The smallest absolute Gasteiger partial charge is 0.0787 e. The highest BCUT2D eigenvalue weighted by Gasteiger charge is 2.47. The van der Waals surface area contributed by atoms with Crippen LogP contribution < -0.4 is 5.32 Å². The molecule has 4 rings (SSSR count). The summed E-state index contributed by atoms with van der Waals surface area (Å²) < 4.78 is 0. The second kappa shape index (κ2) is 6.67. The lowest BCUT2D eigenvalue weighted by Crippen LogP contribution is -2.49. The molecular weight excluding hydrogens is 294 g/mol. The molecule has 0 saturated carbocycles. The van der Waals surface area contributed by atoms with Crippen molar-refractivity contribution in [3.63, 3.8) is 0 Å². The lowest BCUT2D eigenvalue weighted by molar-refractivity contribution is 0.124. The molecule has 0 spiro atoms. The highest BCUT2D eigenvalue weighted by Crippen LogP contribution is 2.46. The second-order valence-corrected chi connectivity index (χ2v) is 7.16. The third-order valence-corrected chi connectivity index (χ3v) is 5.75. The van der Waals surface area contributed by atoms with E-state index >= 15 is 0 Å². The zero-order chi connectivity index (χ0) is 16.5. The fourth-order valence-corrected chi connectivity index (χ4v) is 4.73. The monoisotopic (exact) mass is 321 g/mol. The molecule has 3 nitrogen and oxygen atoms in total. The maximum atomic E-state index is 3.72. The predicted octanol–water partition coefficient (Wildman–Crippen LogP) is 3.42. The fourth-order valence-electron chi connectivity index (χ4n) is 4.73. The van der Waals surface area contributed by atoms with E-state index in [9.17, 15) is 0 Å². The largest absolute Gasteiger partial charge is 0.311 e. The molecule has 3 heteroatoms. The van der Waals surface area contributed by atoms with Gasteiger partial charge in [0.2, 0.25) is 0 Å². The van der Waals surface area contributed by atoms with Crippen LogP contribution in [0.5, 0.6) is 0 Å². The molecule has 0 amide bonds. The van der Waals surface area contributed by atoms with E-state index in [0.717, 1.165) is 6.54 Å². The zero-order valence-corrected chi connectivity index (χ0v) is 14.6. The zero-order valence-electron chi connectivity index (χ0n) is 14.6. The molecule has 126 valence electrons. The van der Waals surface area contributed by atoms with Gasteiger partial charge in [0, 0.05) is 6.04 Å². The minimum Gasteiger partial charge on any atom is -0.311 e. The van der Waals surface area contributed by atoms with Crippen LogP contribution in [-0.4, -0.2) is 42.6 Å². The van der Waals surface area contributed by atoms with Gasteiger partial charge in [-0.2, -0.15) is 0 Å². The van der Waals surface area contributed by atoms with Crippen LogP contribution in [0.2, 0.25) is 0 Å². The van der Waals surface area contributed by atoms with Crippen molar-refractivity contribution < 1.29 is 0 Å². The molecular formula is C21H27N3. The normalized spacial score (nSPS) is 31.6. The summed E-state index contributed by atoms with van der Waals surface area (Å²) in [5.74, 6) is 0. The summed E-state index contributed by atoms with van der Waals surface area (Å²) in [6.45, 7) is 1.15. The van der Waals surface area contributed by atoms with Crippen LogP contribution in [-0.2, 0) is 0 Å². The van der Waals surface area contributed by atoms with Crippen LogP contribution in [0.25, 0.3) is 0 Å².